The molecule has 34 heavy (non-hydrogen) atoms. The third-order valence-corrected chi connectivity index (χ3v) is 6.42. The van der Waals surface area contributed by atoms with Gasteiger partial charge in [0.1, 0.15) is 0 Å². The highest BCUT2D eigenvalue weighted by Gasteiger charge is 2.49. The minimum Gasteiger partial charge on any atom is -0.386 e. The van der Waals surface area contributed by atoms with Crippen LogP contribution in [0.25, 0.3) is 11.1 Å². The van der Waals surface area contributed by atoms with Crippen molar-refractivity contribution in [2.45, 2.75) is 31.7 Å². The van der Waals surface area contributed by atoms with E-state index in [-0.39, 0.29) is 23.8 Å². The largest absolute Gasteiger partial charge is 0.386 e. The second-order valence-electron chi connectivity index (χ2n) is 8.75. The van der Waals surface area contributed by atoms with Crippen LogP contribution in [-0.4, -0.2) is 29.3 Å². The van der Waals surface area contributed by atoms with Crippen LogP contribution in [0.2, 0.25) is 0 Å². The molecule has 3 N–H and O–H groups in total. The second-order valence-corrected chi connectivity index (χ2v) is 8.75. The average molecular weight is 454 g/mol. The second kappa shape index (κ2) is 10.8. The predicted octanol–water partition coefficient (Wildman–Crippen LogP) is 4.75. The Morgan fingerprint density at radius 1 is 0.882 bits per heavy atom. The van der Waals surface area contributed by atoms with Gasteiger partial charge in [0, 0.05) is 12.1 Å². The molecule has 5 nitrogen and oxygen atoms in total. The fourth-order valence-electron chi connectivity index (χ4n) is 4.61. The monoisotopic (exact) mass is 453 g/mol. The third-order valence-electron chi connectivity index (χ3n) is 6.42. The van der Waals surface area contributed by atoms with Gasteiger partial charge in [0.2, 0.25) is 5.91 Å². The molecule has 0 radical (unpaired) electrons. The lowest BCUT2D eigenvalue weighted by Gasteiger charge is -2.46. The lowest BCUT2D eigenvalue weighted by molar-refractivity contribution is -0.151. The van der Waals surface area contributed by atoms with E-state index in [2.05, 4.69) is 24.0 Å². The number of likely N-dealkylation sites (tertiary alicyclic amines) is 1. The highest BCUT2D eigenvalue weighted by molar-refractivity contribution is 6.09. The van der Waals surface area contributed by atoms with Crippen LogP contribution in [0.1, 0.15) is 35.2 Å². The molecule has 1 aliphatic heterocycles. The Bertz CT molecular complexity index is 1130. The number of carbonyl (C=O) groups excluding carboxylic acids is 2. The predicted molar refractivity (Wildman–Crippen MR) is 136 cm³/mol. The Morgan fingerprint density at radius 2 is 1.50 bits per heavy atom. The Hall–Kier alpha value is -3.86. The number of hydrogen-bond donors (Lipinski definition) is 2. The van der Waals surface area contributed by atoms with Crippen molar-refractivity contribution in [3.05, 3.63) is 108 Å². The number of hydrogen-bond acceptors (Lipinski definition) is 4. The fraction of sp³-hybridized carbons (Fsp3) is 0.241. The minimum absolute atomic E-state index is 0.0817. The zero-order valence-electron chi connectivity index (χ0n) is 19.3. The van der Waals surface area contributed by atoms with Crippen LogP contribution in [0.4, 0.5) is 0 Å². The summed E-state index contributed by atoms with van der Waals surface area (Å²) in [7, 11) is 0. The summed E-state index contributed by atoms with van der Waals surface area (Å²) in [5.74, 6) is -0.0189. The van der Waals surface area contributed by atoms with Gasteiger partial charge in [-0.15, -0.1) is 0 Å². The maximum Gasteiger partial charge on any atom is 0.260 e. The summed E-state index contributed by atoms with van der Waals surface area (Å²) in [6.07, 6.45) is 3.09. The minimum atomic E-state index is -0.215. The fourth-order valence-corrected chi connectivity index (χ4v) is 4.61. The molecule has 0 aliphatic carbocycles. The molecule has 5 heteroatoms. The summed E-state index contributed by atoms with van der Waals surface area (Å²) in [5, 5.41) is 3.01. The van der Waals surface area contributed by atoms with Crippen LogP contribution < -0.4 is 11.1 Å². The summed E-state index contributed by atoms with van der Waals surface area (Å²) in [6.45, 7) is 4.31. The van der Waals surface area contributed by atoms with Crippen LogP contribution in [0.3, 0.4) is 0 Å². The molecular formula is C29H31N3O2. The van der Waals surface area contributed by atoms with Gasteiger partial charge in [-0.3, -0.25) is 14.5 Å². The Balaban J connectivity index is 1.46. The van der Waals surface area contributed by atoms with Crippen LogP contribution in [0.15, 0.2) is 97.3 Å². The zero-order valence-corrected chi connectivity index (χ0v) is 19.3. The number of β-lactam (4-membered cyclic amide) rings is 1. The lowest BCUT2D eigenvalue weighted by Crippen LogP contribution is -2.63. The van der Waals surface area contributed by atoms with Crippen molar-refractivity contribution >= 4 is 11.8 Å². The van der Waals surface area contributed by atoms with Crippen molar-refractivity contribution in [1.29, 1.82) is 0 Å². The first-order valence-corrected chi connectivity index (χ1v) is 11.8. The molecule has 0 spiro atoms. The molecule has 2 atom stereocenters. The molecular weight excluding hydrogens is 422 g/mol. The molecule has 174 valence electrons. The van der Waals surface area contributed by atoms with Gasteiger partial charge < -0.3 is 11.1 Å². The topological polar surface area (TPSA) is 75.4 Å². The van der Waals surface area contributed by atoms with Gasteiger partial charge in [-0.25, -0.2) is 0 Å². The number of amides is 2. The van der Waals surface area contributed by atoms with E-state index < -0.39 is 0 Å². The molecule has 4 rings (SSSR count). The van der Waals surface area contributed by atoms with E-state index in [1.807, 2.05) is 72.8 Å². The van der Waals surface area contributed by atoms with Crippen LogP contribution in [0.5, 0.6) is 0 Å². The summed E-state index contributed by atoms with van der Waals surface area (Å²) < 4.78 is 0. The van der Waals surface area contributed by atoms with E-state index in [9.17, 15) is 9.59 Å². The van der Waals surface area contributed by atoms with Gasteiger partial charge in [-0.2, -0.15) is 0 Å². The molecule has 2 unspecified atom stereocenters. The quantitative estimate of drug-likeness (QED) is 0.264. The number of aryl methyl sites for hydroxylation is 1. The smallest absolute Gasteiger partial charge is 0.260 e. The Kier molecular flexibility index (Phi) is 7.43. The average Bonchev–Trinajstić information content (AvgIpc) is 2.87. The number of carbonyl (C=O) groups is 2. The number of rotatable bonds is 10. The van der Waals surface area contributed by atoms with Gasteiger partial charge in [-0.1, -0.05) is 79.4 Å². The molecule has 0 saturated carbocycles. The Labute approximate surface area is 201 Å². The highest BCUT2D eigenvalue weighted by atomic mass is 16.2. The van der Waals surface area contributed by atoms with Gasteiger partial charge in [0.15, 0.2) is 0 Å². The SMILES string of the molecule is C=C(N)NCCCC1C(=O)N(C(=O)c2ccc(-c3ccccc3)cc2)C1CCc1ccccc1. The first kappa shape index (κ1) is 23.3. The van der Waals surface area contributed by atoms with E-state index in [0.29, 0.717) is 17.9 Å². The van der Waals surface area contributed by atoms with Crippen LogP contribution in [-0.2, 0) is 11.2 Å². The first-order valence-electron chi connectivity index (χ1n) is 11.8. The molecule has 1 fully saturated rings. The molecule has 2 amide bonds. The van der Waals surface area contributed by atoms with Gasteiger partial charge >= 0.3 is 0 Å². The summed E-state index contributed by atoms with van der Waals surface area (Å²) >= 11 is 0. The standard InChI is InChI=1S/C29H31N3O2/c1-21(30)31-20-8-13-26-27(19-14-22-9-4-2-5-10-22)32(29(26)34)28(33)25-17-15-24(16-18-25)23-11-6-3-7-12-23/h2-7,9-12,15-18,26-27,31H,1,8,13-14,19-20,30H2. The number of nitrogens with two attached hydrogens (primary N) is 1. The van der Waals surface area contributed by atoms with Crippen molar-refractivity contribution in [1.82, 2.24) is 10.2 Å². The molecule has 3 aromatic rings. The van der Waals surface area contributed by atoms with E-state index in [1.54, 1.807) is 0 Å². The van der Waals surface area contributed by atoms with Crippen LogP contribution >= 0.6 is 0 Å². The van der Waals surface area contributed by atoms with E-state index in [0.717, 1.165) is 36.8 Å². The van der Waals surface area contributed by atoms with Crippen molar-refractivity contribution in [2.24, 2.45) is 11.7 Å². The van der Waals surface area contributed by atoms with Crippen LogP contribution in [0, 0.1) is 5.92 Å². The number of nitrogens with zero attached hydrogens (tertiary/aromatic N) is 1. The highest BCUT2D eigenvalue weighted by Crippen LogP contribution is 2.35. The van der Waals surface area contributed by atoms with Crippen molar-refractivity contribution in [3.8, 4) is 11.1 Å². The van der Waals surface area contributed by atoms with Crippen molar-refractivity contribution in [3.63, 3.8) is 0 Å². The maximum absolute atomic E-state index is 13.3. The summed E-state index contributed by atoms with van der Waals surface area (Å²) in [5.41, 5.74) is 9.45. The van der Waals surface area contributed by atoms with Gasteiger partial charge in [0.05, 0.1) is 17.8 Å². The summed E-state index contributed by atoms with van der Waals surface area (Å²) in [4.78, 5) is 27.9. The number of nitrogens with one attached hydrogen (secondary N) is 1. The molecule has 1 aliphatic rings. The van der Waals surface area contributed by atoms with E-state index in [4.69, 9.17) is 5.73 Å². The molecule has 0 aromatic heterocycles. The lowest BCUT2D eigenvalue weighted by atomic mass is 9.80. The Morgan fingerprint density at radius 3 is 2.15 bits per heavy atom. The van der Waals surface area contributed by atoms with Gasteiger partial charge in [0.25, 0.3) is 5.91 Å². The maximum atomic E-state index is 13.3. The van der Waals surface area contributed by atoms with Gasteiger partial charge in [-0.05, 0) is 54.5 Å². The molecule has 0 bridgehead atoms. The molecule has 3 aromatic carbocycles. The summed E-state index contributed by atoms with van der Waals surface area (Å²) in [6, 6.07) is 27.6. The number of imide groups is 1. The third kappa shape index (κ3) is 5.37. The first-order chi connectivity index (χ1) is 16.5. The molecule has 1 saturated heterocycles. The van der Waals surface area contributed by atoms with E-state index in [1.165, 1.54) is 10.5 Å². The molecule has 1 heterocycles. The zero-order chi connectivity index (χ0) is 23.9. The van der Waals surface area contributed by atoms with Crippen molar-refractivity contribution in [2.75, 3.05) is 6.54 Å². The van der Waals surface area contributed by atoms with E-state index >= 15 is 0 Å². The number of benzene rings is 3. The normalized spacial score (nSPS) is 17.2. The van der Waals surface area contributed by atoms with Crippen molar-refractivity contribution < 1.29 is 9.59 Å².